The minimum atomic E-state index is -0.431. The summed E-state index contributed by atoms with van der Waals surface area (Å²) >= 11 is 0. The SMILES string of the molecule is CCCc1cc(CNC(=O)C2CCC(NC(=O)c3nn(C)c(=O)[nH]3)CC2)on1. The monoisotopic (exact) mass is 390 g/mol. The molecule has 3 rings (SSSR count). The lowest BCUT2D eigenvalue weighted by Crippen LogP contribution is -2.41. The molecule has 10 nitrogen and oxygen atoms in total. The van der Waals surface area contributed by atoms with Crippen molar-refractivity contribution in [2.24, 2.45) is 13.0 Å². The lowest BCUT2D eigenvalue weighted by molar-refractivity contribution is -0.126. The summed E-state index contributed by atoms with van der Waals surface area (Å²) in [5.74, 6) is 0.163. The minimum absolute atomic E-state index is 0.00173. The van der Waals surface area contributed by atoms with Crippen molar-refractivity contribution in [1.29, 1.82) is 0 Å². The average Bonchev–Trinajstić information content (AvgIpc) is 3.27. The van der Waals surface area contributed by atoms with E-state index < -0.39 is 11.6 Å². The lowest BCUT2D eigenvalue weighted by Gasteiger charge is -2.28. The summed E-state index contributed by atoms with van der Waals surface area (Å²) in [6, 6.07) is 1.84. The van der Waals surface area contributed by atoms with Crippen LogP contribution in [0.2, 0.25) is 0 Å². The number of carbonyl (C=O) groups is 2. The Kier molecular flexibility index (Phi) is 6.27. The molecule has 1 aliphatic carbocycles. The minimum Gasteiger partial charge on any atom is -0.359 e. The molecule has 2 aromatic rings. The molecule has 2 aromatic heterocycles. The third-order valence-electron chi connectivity index (χ3n) is 4.97. The third-order valence-corrected chi connectivity index (χ3v) is 4.97. The maximum Gasteiger partial charge on any atom is 0.343 e. The molecule has 1 fully saturated rings. The number of hydrogen-bond acceptors (Lipinski definition) is 6. The van der Waals surface area contributed by atoms with Crippen molar-refractivity contribution in [3.8, 4) is 0 Å². The zero-order chi connectivity index (χ0) is 20.1. The van der Waals surface area contributed by atoms with E-state index in [1.807, 2.05) is 6.07 Å². The summed E-state index contributed by atoms with van der Waals surface area (Å²) in [6.07, 6.45) is 4.63. The summed E-state index contributed by atoms with van der Waals surface area (Å²) in [4.78, 5) is 38.3. The Balaban J connectivity index is 1.42. The van der Waals surface area contributed by atoms with E-state index in [0.29, 0.717) is 38.0 Å². The number of H-pyrrole nitrogens is 1. The van der Waals surface area contributed by atoms with Crippen LogP contribution in [0.1, 0.15) is 61.1 Å². The van der Waals surface area contributed by atoms with Gasteiger partial charge in [-0.05, 0) is 32.1 Å². The molecule has 0 aliphatic heterocycles. The van der Waals surface area contributed by atoms with Crippen LogP contribution in [0.15, 0.2) is 15.4 Å². The van der Waals surface area contributed by atoms with Crippen LogP contribution in [0.5, 0.6) is 0 Å². The van der Waals surface area contributed by atoms with Crippen LogP contribution in [0.4, 0.5) is 0 Å². The number of aromatic amines is 1. The zero-order valence-electron chi connectivity index (χ0n) is 16.2. The molecule has 10 heteroatoms. The van der Waals surface area contributed by atoms with Crippen molar-refractivity contribution in [2.45, 2.75) is 58.0 Å². The van der Waals surface area contributed by atoms with Crippen LogP contribution >= 0.6 is 0 Å². The Morgan fingerprint density at radius 3 is 2.71 bits per heavy atom. The molecule has 3 N–H and O–H groups in total. The van der Waals surface area contributed by atoms with Gasteiger partial charge in [0.1, 0.15) is 0 Å². The fourth-order valence-corrected chi connectivity index (χ4v) is 3.39. The highest BCUT2D eigenvalue weighted by atomic mass is 16.5. The molecule has 152 valence electrons. The molecule has 28 heavy (non-hydrogen) atoms. The molecule has 0 radical (unpaired) electrons. The Labute approximate surface area is 162 Å². The molecule has 0 saturated heterocycles. The van der Waals surface area contributed by atoms with E-state index in [1.54, 1.807) is 0 Å². The highest BCUT2D eigenvalue weighted by Gasteiger charge is 2.28. The molecule has 2 heterocycles. The first-order chi connectivity index (χ1) is 13.5. The topological polar surface area (TPSA) is 135 Å². The van der Waals surface area contributed by atoms with E-state index in [2.05, 4.69) is 32.8 Å². The van der Waals surface area contributed by atoms with Gasteiger partial charge in [0.05, 0.1) is 12.2 Å². The van der Waals surface area contributed by atoms with Gasteiger partial charge in [0.2, 0.25) is 11.7 Å². The standard InChI is InChI=1S/C18H26N6O4/c1-3-4-13-9-14(28-23-13)10-19-16(25)11-5-7-12(8-6-11)20-17(26)15-21-18(27)24(2)22-15/h9,11-12H,3-8,10H2,1-2H3,(H,19,25)(H,20,26)(H,21,22,27). The van der Waals surface area contributed by atoms with Gasteiger partial charge in [-0.1, -0.05) is 18.5 Å². The van der Waals surface area contributed by atoms with Crippen molar-refractivity contribution in [2.75, 3.05) is 0 Å². The number of nitrogens with zero attached hydrogens (tertiary/aromatic N) is 3. The van der Waals surface area contributed by atoms with Crippen molar-refractivity contribution < 1.29 is 14.1 Å². The van der Waals surface area contributed by atoms with E-state index in [1.165, 1.54) is 7.05 Å². The first kappa shape index (κ1) is 19.8. The van der Waals surface area contributed by atoms with Crippen LogP contribution in [0.3, 0.4) is 0 Å². The van der Waals surface area contributed by atoms with Gasteiger partial charge in [0, 0.05) is 25.1 Å². The van der Waals surface area contributed by atoms with Crippen LogP contribution in [0, 0.1) is 5.92 Å². The molecule has 0 spiro atoms. The molecular formula is C18H26N6O4. The first-order valence-corrected chi connectivity index (χ1v) is 9.62. The van der Waals surface area contributed by atoms with E-state index in [4.69, 9.17) is 4.52 Å². The molecule has 1 aliphatic rings. The predicted octanol–water partition coefficient (Wildman–Crippen LogP) is 0.654. The molecular weight excluding hydrogens is 364 g/mol. The largest absolute Gasteiger partial charge is 0.359 e. The number of rotatable bonds is 7. The summed E-state index contributed by atoms with van der Waals surface area (Å²) in [6.45, 7) is 2.41. The number of carbonyl (C=O) groups excluding carboxylic acids is 2. The second-order valence-electron chi connectivity index (χ2n) is 7.18. The van der Waals surface area contributed by atoms with E-state index in [9.17, 15) is 14.4 Å². The summed E-state index contributed by atoms with van der Waals surface area (Å²) in [5.41, 5.74) is 0.469. The molecule has 0 aromatic carbocycles. The van der Waals surface area contributed by atoms with Crippen molar-refractivity contribution in [3.05, 3.63) is 33.8 Å². The molecule has 0 unspecified atom stereocenters. The molecule has 0 bridgehead atoms. The van der Waals surface area contributed by atoms with Gasteiger partial charge in [-0.3, -0.25) is 14.6 Å². The van der Waals surface area contributed by atoms with E-state index >= 15 is 0 Å². The fourth-order valence-electron chi connectivity index (χ4n) is 3.39. The molecule has 0 atom stereocenters. The van der Waals surface area contributed by atoms with E-state index in [-0.39, 0.29) is 23.7 Å². The average molecular weight is 390 g/mol. The highest BCUT2D eigenvalue weighted by Crippen LogP contribution is 2.24. The highest BCUT2D eigenvalue weighted by molar-refractivity contribution is 5.90. The number of aromatic nitrogens is 4. The summed E-state index contributed by atoms with van der Waals surface area (Å²) in [5, 5.41) is 13.6. The van der Waals surface area contributed by atoms with Crippen LogP contribution < -0.4 is 16.3 Å². The Morgan fingerprint density at radius 2 is 2.07 bits per heavy atom. The van der Waals surface area contributed by atoms with E-state index in [0.717, 1.165) is 23.2 Å². The van der Waals surface area contributed by atoms with Crippen LogP contribution in [0.25, 0.3) is 0 Å². The number of aryl methyl sites for hydroxylation is 2. The van der Waals surface area contributed by atoms with Crippen LogP contribution in [-0.4, -0.2) is 37.8 Å². The Morgan fingerprint density at radius 1 is 1.32 bits per heavy atom. The van der Waals surface area contributed by atoms with Gasteiger partial charge in [-0.15, -0.1) is 5.10 Å². The zero-order valence-corrected chi connectivity index (χ0v) is 16.2. The van der Waals surface area contributed by atoms with Crippen LogP contribution in [-0.2, 0) is 24.8 Å². The fraction of sp³-hybridized carbons (Fsp3) is 0.611. The normalized spacial score (nSPS) is 19.4. The van der Waals surface area contributed by atoms with Gasteiger partial charge >= 0.3 is 5.69 Å². The quantitative estimate of drug-likeness (QED) is 0.635. The van der Waals surface area contributed by atoms with Crippen molar-refractivity contribution in [3.63, 3.8) is 0 Å². The second kappa shape index (κ2) is 8.85. The van der Waals surface area contributed by atoms with Gasteiger partial charge in [-0.2, -0.15) is 0 Å². The van der Waals surface area contributed by atoms with Crippen molar-refractivity contribution >= 4 is 11.8 Å². The first-order valence-electron chi connectivity index (χ1n) is 9.62. The molecule has 1 saturated carbocycles. The van der Waals surface area contributed by atoms with Gasteiger partial charge in [-0.25, -0.2) is 9.48 Å². The lowest BCUT2D eigenvalue weighted by atomic mass is 9.85. The smallest absolute Gasteiger partial charge is 0.343 e. The number of nitrogens with one attached hydrogen (secondary N) is 3. The maximum absolute atomic E-state index is 12.4. The molecule has 2 amide bonds. The Bertz CT molecular complexity index is 875. The maximum atomic E-state index is 12.4. The van der Waals surface area contributed by atoms with Crippen molar-refractivity contribution in [1.82, 2.24) is 30.6 Å². The summed E-state index contributed by atoms with van der Waals surface area (Å²) in [7, 11) is 1.48. The summed E-state index contributed by atoms with van der Waals surface area (Å²) < 4.78 is 6.30. The van der Waals surface area contributed by atoms with Gasteiger partial charge in [0.25, 0.3) is 5.91 Å². The predicted molar refractivity (Wildman–Crippen MR) is 99.4 cm³/mol. The van der Waals surface area contributed by atoms with Gasteiger partial charge in [0.15, 0.2) is 5.76 Å². The second-order valence-corrected chi connectivity index (χ2v) is 7.18. The number of hydrogen-bond donors (Lipinski definition) is 3. The van der Waals surface area contributed by atoms with Gasteiger partial charge < -0.3 is 15.2 Å². The number of amides is 2. The third kappa shape index (κ3) is 4.87. The Hall–Kier alpha value is -2.91.